The van der Waals surface area contributed by atoms with Crippen molar-refractivity contribution in [3.63, 3.8) is 0 Å². The largest absolute Gasteiger partial charge is 0.352 e. The lowest BCUT2D eigenvalue weighted by Crippen LogP contribution is -2.37. The van der Waals surface area contributed by atoms with Gasteiger partial charge in [0.1, 0.15) is 0 Å². The number of hydrogen-bond acceptors (Lipinski definition) is 2. The van der Waals surface area contributed by atoms with Gasteiger partial charge in [0.2, 0.25) is 5.91 Å². The molecule has 1 heterocycles. The van der Waals surface area contributed by atoms with Crippen LogP contribution in [-0.2, 0) is 4.79 Å². The minimum absolute atomic E-state index is 0.315. The van der Waals surface area contributed by atoms with Crippen LogP contribution in [0.5, 0.6) is 0 Å². The first-order valence-electron chi connectivity index (χ1n) is 6.46. The molecular formula is C13H20N2O. The van der Waals surface area contributed by atoms with Gasteiger partial charge in [-0.05, 0) is 50.6 Å². The van der Waals surface area contributed by atoms with Crippen molar-refractivity contribution in [2.24, 2.45) is 11.3 Å². The van der Waals surface area contributed by atoms with Crippen molar-refractivity contribution in [2.75, 3.05) is 13.1 Å². The van der Waals surface area contributed by atoms with Crippen LogP contribution in [-0.4, -0.2) is 25.0 Å². The van der Waals surface area contributed by atoms with E-state index < -0.39 is 0 Å². The Kier molecular flexibility index (Phi) is 2.51. The normalized spacial score (nSPS) is 31.9. The lowest BCUT2D eigenvalue weighted by Gasteiger charge is -2.23. The van der Waals surface area contributed by atoms with Gasteiger partial charge in [-0.15, -0.1) is 0 Å². The van der Waals surface area contributed by atoms with Gasteiger partial charge < -0.3 is 10.6 Å². The third kappa shape index (κ3) is 1.77. The molecule has 0 aromatic carbocycles. The second kappa shape index (κ2) is 3.88. The molecule has 1 aliphatic heterocycles. The van der Waals surface area contributed by atoms with E-state index in [2.05, 4.69) is 22.8 Å². The van der Waals surface area contributed by atoms with Crippen molar-refractivity contribution in [2.45, 2.75) is 38.1 Å². The van der Waals surface area contributed by atoms with Gasteiger partial charge in [0.25, 0.3) is 0 Å². The molecule has 1 saturated carbocycles. The summed E-state index contributed by atoms with van der Waals surface area (Å²) in [6.07, 6.45) is 9.87. The first-order chi connectivity index (χ1) is 7.80. The van der Waals surface area contributed by atoms with E-state index in [1.165, 1.54) is 12.8 Å². The third-order valence-electron chi connectivity index (χ3n) is 4.46. The summed E-state index contributed by atoms with van der Waals surface area (Å²) in [5, 5.41) is 6.56. The average molecular weight is 220 g/mol. The summed E-state index contributed by atoms with van der Waals surface area (Å²) in [5.41, 5.74) is 0.376. The van der Waals surface area contributed by atoms with Crippen LogP contribution < -0.4 is 10.6 Å². The van der Waals surface area contributed by atoms with Gasteiger partial charge in [0, 0.05) is 12.0 Å². The van der Waals surface area contributed by atoms with E-state index >= 15 is 0 Å². The zero-order valence-corrected chi connectivity index (χ0v) is 9.67. The molecule has 0 aromatic rings. The number of hydrogen-bond donors (Lipinski definition) is 2. The first kappa shape index (κ1) is 10.3. The Bertz CT molecular complexity index is 310. The third-order valence-corrected chi connectivity index (χ3v) is 4.46. The molecule has 1 saturated heterocycles. The van der Waals surface area contributed by atoms with Crippen molar-refractivity contribution >= 4 is 5.91 Å². The Morgan fingerprint density at radius 2 is 1.94 bits per heavy atom. The molecule has 3 aliphatic rings. The van der Waals surface area contributed by atoms with E-state index in [1.807, 2.05) is 0 Å². The van der Waals surface area contributed by atoms with Crippen LogP contribution in [0.15, 0.2) is 12.2 Å². The molecule has 1 atom stereocenters. The average Bonchev–Trinajstić information content (AvgIpc) is 2.76. The summed E-state index contributed by atoms with van der Waals surface area (Å²) in [5.74, 6) is 0.630. The van der Waals surface area contributed by atoms with Crippen molar-refractivity contribution in [1.82, 2.24) is 10.6 Å². The fourth-order valence-corrected chi connectivity index (χ4v) is 3.23. The van der Waals surface area contributed by atoms with Gasteiger partial charge in [0.05, 0.1) is 0 Å². The van der Waals surface area contributed by atoms with Gasteiger partial charge in [0.15, 0.2) is 0 Å². The highest BCUT2D eigenvalue weighted by Crippen LogP contribution is 2.58. The molecule has 3 rings (SSSR count). The fourth-order valence-electron chi connectivity index (χ4n) is 3.23. The second-order valence-corrected chi connectivity index (χ2v) is 5.52. The number of rotatable bonds is 2. The Morgan fingerprint density at radius 1 is 1.25 bits per heavy atom. The maximum atomic E-state index is 12.1. The molecule has 0 bridgehead atoms. The van der Waals surface area contributed by atoms with Gasteiger partial charge in [-0.1, -0.05) is 12.2 Å². The van der Waals surface area contributed by atoms with Crippen LogP contribution in [0.25, 0.3) is 0 Å². The van der Waals surface area contributed by atoms with Crippen LogP contribution in [0.1, 0.15) is 32.1 Å². The summed E-state index contributed by atoms with van der Waals surface area (Å²) in [6.45, 7) is 2.18. The molecule has 3 nitrogen and oxygen atoms in total. The molecule has 2 aliphatic carbocycles. The second-order valence-electron chi connectivity index (χ2n) is 5.52. The molecule has 3 heteroatoms. The van der Waals surface area contributed by atoms with Crippen LogP contribution >= 0.6 is 0 Å². The number of amides is 1. The Labute approximate surface area is 96.7 Å². The van der Waals surface area contributed by atoms with Gasteiger partial charge >= 0.3 is 0 Å². The number of carbonyl (C=O) groups is 1. The van der Waals surface area contributed by atoms with E-state index in [-0.39, 0.29) is 0 Å². The Hall–Kier alpha value is -0.830. The predicted molar refractivity (Wildman–Crippen MR) is 62.9 cm³/mol. The van der Waals surface area contributed by atoms with E-state index in [0.717, 1.165) is 32.4 Å². The molecule has 2 N–H and O–H groups in total. The standard InChI is InChI=1S/C13H20N2O/c16-12(15-10-3-1-2-4-10)11-9-13(11)5-7-14-8-6-13/h1-2,10-11,14H,3-9H2,(H,15,16). The lowest BCUT2D eigenvalue weighted by molar-refractivity contribution is -0.123. The van der Waals surface area contributed by atoms with E-state index in [0.29, 0.717) is 23.3 Å². The van der Waals surface area contributed by atoms with Crippen molar-refractivity contribution in [1.29, 1.82) is 0 Å². The summed E-state index contributed by atoms with van der Waals surface area (Å²) < 4.78 is 0. The number of piperidine rings is 1. The van der Waals surface area contributed by atoms with Crippen molar-refractivity contribution < 1.29 is 4.79 Å². The Balaban J connectivity index is 1.53. The molecule has 16 heavy (non-hydrogen) atoms. The number of nitrogens with one attached hydrogen (secondary N) is 2. The van der Waals surface area contributed by atoms with Gasteiger partial charge in [-0.2, -0.15) is 0 Å². The van der Waals surface area contributed by atoms with Crippen LogP contribution in [0, 0.1) is 11.3 Å². The summed E-state index contributed by atoms with van der Waals surface area (Å²) >= 11 is 0. The zero-order chi connectivity index (χ0) is 11.0. The maximum absolute atomic E-state index is 12.1. The lowest BCUT2D eigenvalue weighted by atomic mass is 9.91. The van der Waals surface area contributed by atoms with Crippen LogP contribution in [0.4, 0.5) is 0 Å². The van der Waals surface area contributed by atoms with Crippen molar-refractivity contribution in [3.8, 4) is 0 Å². The van der Waals surface area contributed by atoms with Crippen molar-refractivity contribution in [3.05, 3.63) is 12.2 Å². The first-order valence-corrected chi connectivity index (χ1v) is 6.46. The van der Waals surface area contributed by atoms with Crippen LogP contribution in [0.2, 0.25) is 0 Å². The van der Waals surface area contributed by atoms with E-state index in [1.54, 1.807) is 0 Å². The smallest absolute Gasteiger partial charge is 0.223 e. The van der Waals surface area contributed by atoms with Gasteiger partial charge in [-0.3, -0.25) is 4.79 Å². The number of carbonyl (C=O) groups excluding carboxylic acids is 1. The molecule has 2 fully saturated rings. The summed E-state index contributed by atoms with van der Waals surface area (Å²) in [4.78, 5) is 12.1. The fraction of sp³-hybridized carbons (Fsp3) is 0.769. The highest BCUT2D eigenvalue weighted by Gasteiger charge is 2.57. The molecule has 0 aromatic heterocycles. The Morgan fingerprint density at radius 3 is 2.62 bits per heavy atom. The SMILES string of the molecule is O=C(NC1CC=CC1)C1CC12CCNCC2. The maximum Gasteiger partial charge on any atom is 0.223 e. The molecule has 1 amide bonds. The molecule has 88 valence electrons. The van der Waals surface area contributed by atoms with Crippen LogP contribution in [0.3, 0.4) is 0 Å². The quantitative estimate of drug-likeness (QED) is 0.687. The summed E-state index contributed by atoms with van der Waals surface area (Å²) in [7, 11) is 0. The molecule has 1 spiro atoms. The monoisotopic (exact) mass is 220 g/mol. The predicted octanol–water partition coefficient (Wildman–Crippen LogP) is 1.21. The topological polar surface area (TPSA) is 41.1 Å². The van der Waals surface area contributed by atoms with Gasteiger partial charge in [-0.25, -0.2) is 0 Å². The zero-order valence-electron chi connectivity index (χ0n) is 9.67. The minimum Gasteiger partial charge on any atom is -0.352 e. The minimum atomic E-state index is 0.315. The molecular weight excluding hydrogens is 200 g/mol. The van der Waals surface area contributed by atoms with E-state index in [9.17, 15) is 4.79 Å². The highest BCUT2D eigenvalue weighted by atomic mass is 16.2. The highest BCUT2D eigenvalue weighted by molar-refractivity contribution is 5.83. The molecule has 0 radical (unpaired) electrons. The van der Waals surface area contributed by atoms with E-state index in [4.69, 9.17) is 0 Å². The molecule has 1 unspecified atom stereocenters. The summed E-state index contributed by atoms with van der Waals surface area (Å²) in [6, 6.07) is 0.381.